The van der Waals surface area contributed by atoms with E-state index in [2.05, 4.69) is 0 Å². The highest BCUT2D eigenvalue weighted by Crippen LogP contribution is 2.39. The van der Waals surface area contributed by atoms with Crippen molar-refractivity contribution in [1.29, 1.82) is 0 Å². The predicted molar refractivity (Wildman–Crippen MR) is 94.2 cm³/mol. The van der Waals surface area contributed by atoms with Gasteiger partial charge in [-0.05, 0) is 6.07 Å². The molecule has 2 heterocycles. The lowest BCUT2D eigenvalue weighted by Gasteiger charge is -2.23. The summed E-state index contributed by atoms with van der Waals surface area (Å²) in [6.45, 7) is 0. The summed E-state index contributed by atoms with van der Waals surface area (Å²) in [4.78, 5) is 62.0. The number of carbonyl (C=O) groups excluding carboxylic acids is 4. The number of amides is 4. The molecule has 0 bridgehead atoms. The van der Waals surface area contributed by atoms with Crippen LogP contribution in [0.2, 0.25) is 0 Å². The Morgan fingerprint density at radius 3 is 1.74 bits per heavy atom. The molecule has 0 spiro atoms. The summed E-state index contributed by atoms with van der Waals surface area (Å²) in [5.41, 5.74) is -0.408. The zero-order valence-corrected chi connectivity index (χ0v) is 13.6. The number of aromatic carboxylic acids is 1. The van der Waals surface area contributed by atoms with Crippen LogP contribution in [-0.2, 0) is 19.2 Å². The fraction of sp³-hybridized carbons (Fsp3) is 0. The number of imide groups is 2. The summed E-state index contributed by atoms with van der Waals surface area (Å²) < 4.78 is 0. The van der Waals surface area contributed by atoms with Gasteiger partial charge >= 0.3 is 5.97 Å². The van der Waals surface area contributed by atoms with Gasteiger partial charge in [-0.25, -0.2) is 14.6 Å². The molecule has 0 radical (unpaired) electrons. The van der Waals surface area contributed by atoms with E-state index in [1.165, 1.54) is 6.07 Å². The summed E-state index contributed by atoms with van der Waals surface area (Å²) >= 11 is 0. The molecule has 0 saturated heterocycles. The number of nitrogens with zero attached hydrogens (tertiary/aromatic N) is 2. The van der Waals surface area contributed by atoms with Crippen LogP contribution in [0, 0.1) is 0 Å². The van der Waals surface area contributed by atoms with Crippen LogP contribution >= 0.6 is 0 Å². The van der Waals surface area contributed by atoms with Crippen molar-refractivity contribution in [1.82, 2.24) is 0 Å². The molecule has 1 N–H and O–H groups in total. The van der Waals surface area contributed by atoms with Crippen molar-refractivity contribution in [3.8, 4) is 0 Å². The van der Waals surface area contributed by atoms with E-state index in [-0.39, 0.29) is 22.3 Å². The van der Waals surface area contributed by atoms with Gasteiger partial charge in [0.1, 0.15) is 0 Å². The molecule has 0 saturated carbocycles. The Balaban J connectivity index is 2.07. The van der Waals surface area contributed by atoms with Crippen LogP contribution in [-0.4, -0.2) is 34.7 Å². The van der Waals surface area contributed by atoms with E-state index in [0.717, 1.165) is 40.2 Å². The summed E-state index contributed by atoms with van der Waals surface area (Å²) in [6, 6.07) is 7.47. The van der Waals surface area contributed by atoms with Crippen LogP contribution < -0.4 is 9.80 Å². The molecule has 2 aromatic carbocycles. The number of anilines is 2. The van der Waals surface area contributed by atoms with Crippen LogP contribution in [0.1, 0.15) is 10.4 Å². The third kappa shape index (κ3) is 2.35. The van der Waals surface area contributed by atoms with Crippen LogP contribution in [0.3, 0.4) is 0 Å². The Kier molecular flexibility index (Phi) is 3.48. The lowest BCUT2D eigenvalue weighted by Crippen LogP contribution is -2.33. The number of rotatable bonds is 3. The molecule has 0 unspecified atom stereocenters. The standard InChI is InChI=1S/C19H10N2O6/c22-14-5-6-15(23)20(14)13-9-12(19(26)27)18(11-4-2-1-3-10(11)13)21-16(24)7-8-17(21)25/h1-9H,(H,26,27). The molecule has 132 valence electrons. The first-order chi connectivity index (χ1) is 12.9. The smallest absolute Gasteiger partial charge is 0.337 e. The molecule has 4 amide bonds. The molecule has 0 atom stereocenters. The Morgan fingerprint density at radius 2 is 1.22 bits per heavy atom. The minimum absolute atomic E-state index is 0.0683. The highest BCUT2D eigenvalue weighted by atomic mass is 16.4. The maximum atomic E-state index is 12.1. The van der Waals surface area contributed by atoms with E-state index in [4.69, 9.17) is 0 Å². The number of benzene rings is 2. The molecular weight excluding hydrogens is 352 g/mol. The molecule has 0 aromatic heterocycles. The zero-order valence-electron chi connectivity index (χ0n) is 13.6. The van der Waals surface area contributed by atoms with Gasteiger partial charge in [-0.15, -0.1) is 0 Å². The van der Waals surface area contributed by atoms with Crippen molar-refractivity contribution in [2.75, 3.05) is 9.80 Å². The third-order valence-electron chi connectivity index (χ3n) is 4.31. The van der Waals surface area contributed by atoms with Gasteiger partial charge in [0.2, 0.25) is 0 Å². The van der Waals surface area contributed by atoms with Gasteiger partial charge in [0.15, 0.2) is 0 Å². The first kappa shape index (κ1) is 16.4. The minimum Gasteiger partial charge on any atom is -0.478 e. The van der Waals surface area contributed by atoms with Gasteiger partial charge < -0.3 is 5.11 Å². The van der Waals surface area contributed by atoms with Gasteiger partial charge in [0.05, 0.1) is 16.9 Å². The number of hydrogen-bond acceptors (Lipinski definition) is 5. The van der Waals surface area contributed by atoms with Crippen LogP contribution in [0.4, 0.5) is 11.4 Å². The van der Waals surface area contributed by atoms with E-state index < -0.39 is 29.6 Å². The first-order valence-corrected chi connectivity index (χ1v) is 7.81. The summed E-state index contributed by atoms with van der Waals surface area (Å²) in [7, 11) is 0. The largest absolute Gasteiger partial charge is 0.478 e. The number of carboxylic acids is 1. The predicted octanol–water partition coefficient (Wildman–Crippen LogP) is 1.40. The fourth-order valence-corrected chi connectivity index (χ4v) is 3.19. The van der Waals surface area contributed by atoms with E-state index in [0.29, 0.717) is 5.39 Å². The molecule has 0 fully saturated rings. The third-order valence-corrected chi connectivity index (χ3v) is 4.31. The van der Waals surface area contributed by atoms with Gasteiger partial charge in [-0.1, -0.05) is 24.3 Å². The monoisotopic (exact) mass is 362 g/mol. The van der Waals surface area contributed by atoms with Crippen molar-refractivity contribution in [2.45, 2.75) is 0 Å². The van der Waals surface area contributed by atoms with Crippen molar-refractivity contribution >= 4 is 51.7 Å². The second kappa shape index (κ2) is 5.73. The summed E-state index contributed by atoms with van der Waals surface area (Å²) in [5, 5.41) is 10.3. The molecule has 0 aliphatic carbocycles. The molecule has 27 heavy (non-hydrogen) atoms. The van der Waals surface area contributed by atoms with E-state index in [1.54, 1.807) is 18.2 Å². The molecule has 8 nitrogen and oxygen atoms in total. The van der Waals surface area contributed by atoms with Crippen molar-refractivity contribution in [3.05, 3.63) is 60.2 Å². The van der Waals surface area contributed by atoms with E-state index in [9.17, 15) is 29.1 Å². The maximum Gasteiger partial charge on any atom is 0.337 e. The highest BCUT2D eigenvalue weighted by Gasteiger charge is 2.34. The van der Waals surface area contributed by atoms with Crippen LogP contribution in [0.5, 0.6) is 0 Å². The Labute approximate surface area is 151 Å². The average Bonchev–Trinajstić information content (AvgIpc) is 3.15. The van der Waals surface area contributed by atoms with Crippen molar-refractivity contribution in [2.24, 2.45) is 0 Å². The molecular formula is C19H10N2O6. The topological polar surface area (TPSA) is 112 Å². The average molecular weight is 362 g/mol. The lowest BCUT2D eigenvalue weighted by molar-refractivity contribution is -0.121. The van der Waals surface area contributed by atoms with Gasteiger partial charge in [0, 0.05) is 35.1 Å². The highest BCUT2D eigenvalue weighted by molar-refractivity contribution is 6.35. The first-order valence-electron chi connectivity index (χ1n) is 7.81. The van der Waals surface area contributed by atoms with Crippen molar-refractivity contribution in [3.63, 3.8) is 0 Å². The normalized spacial score (nSPS) is 16.3. The van der Waals surface area contributed by atoms with E-state index in [1.807, 2.05) is 0 Å². The van der Waals surface area contributed by atoms with Crippen LogP contribution in [0.15, 0.2) is 54.6 Å². The summed E-state index contributed by atoms with van der Waals surface area (Å²) in [6.07, 6.45) is 4.27. The molecule has 2 aromatic rings. The Bertz CT molecular complexity index is 1110. The second-order valence-corrected chi connectivity index (χ2v) is 5.83. The SMILES string of the molecule is O=C(O)c1cc(N2C(=O)C=CC2=O)c2ccccc2c1N1C(=O)C=CC1=O. The van der Waals surface area contributed by atoms with E-state index >= 15 is 0 Å². The Morgan fingerprint density at radius 1 is 0.741 bits per heavy atom. The number of carbonyl (C=O) groups is 5. The second-order valence-electron chi connectivity index (χ2n) is 5.83. The Hall–Kier alpha value is -4.07. The molecule has 2 aliphatic heterocycles. The van der Waals surface area contributed by atoms with Crippen LogP contribution in [0.25, 0.3) is 10.8 Å². The molecule has 4 rings (SSSR count). The molecule has 8 heteroatoms. The molecule has 2 aliphatic rings. The number of carboxylic acid groups (broad SMARTS) is 1. The summed E-state index contributed by atoms with van der Waals surface area (Å²) in [5.74, 6) is -3.96. The van der Waals surface area contributed by atoms with Gasteiger partial charge in [-0.3, -0.25) is 19.2 Å². The number of fused-ring (bicyclic) bond motifs is 1. The zero-order chi connectivity index (χ0) is 19.3. The number of hydrogen-bond donors (Lipinski definition) is 1. The van der Waals surface area contributed by atoms with Crippen molar-refractivity contribution < 1.29 is 29.1 Å². The van der Waals surface area contributed by atoms with Gasteiger partial charge in [0.25, 0.3) is 23.6 Å². The lowest BCUT2D eigenvalue weighted by atomic mass is 9.99. The fourth-order valence-electron chi connectivity index (χ4n) is 3.19. The minimum atomic E-state index is -1.41. The van der Waals surface area contributed by atoms with Gasteiger partial charge in [-0.2, -0.15) is 0 Å². The quantitative estimate of drug-likeness (QED) is 0.826. The maximum absolute atomic E-state index is 12.1.